The van der Waals surface area contributed by atoms with Crippen molar-refractivity contribution >= 4 is 29.5 Å². The van der Waals surface area contributed by atoms with Crippen molar-refractivity contribution in [2.24, 2.45) is 0 Å². The second-order valence-electron chi connectivity index (χ2n) is 9.36. The quantitative estimate of drug-likeness (QED) is 0.670. The molecule has 32 heavy (non-hydrogen) atoms. The van der Waals surface area contributed by atoms with Gasteiger partial charge in [-0.1, -0.05) is 17.7 Å². The molecule has 2 heterocycles. The Morgan fingerprint density at radius 2 is 1.97 bits per heavy atom. The third-order valence-corrected chi connectivity index (χ3v) is 6.27. The number of nitrogens with zero attached hydrogens (tertiary/aromatic N) is 2. The molecule has 3 rings (SSSR count). The Bertz CT molecular complexity index is 864. The van der Waals surface area contributed by atoms with E-state index >= 15 is 0 Å². The lowest BCUT2D eigenvalue weighted by molar-refractivity contribution is -0.145. The highest BCUT2D eigenvalue weighted by atomic mass is 35.5. The maximum atomic E-state index is 13.0. The molecule has 0 bridgehead atoms. The van der Waals surface area contributed by atoms with Crippen LogP contribution < -0.4 is 5.32 Å². The van der Waals surface area contributed by atoms with E-state index < -0.39 is 23.8 Å². The van der Waals surface area contributed by atoms with Crippen LogP contribution in [0.15, 0.2) is 18.2 Å². The minimum Gasteiger partial charge on any atom is -0.465 e. The summed E-state index contributed by atoms with van der Waals surface area (Å²) in [5.41, 5.74) is 0.932. The highest BCUT2D eigenvalue weighted by Crippen LogP contribution is 2.25. The summed E-state index contributed by atoms with van der Waals surface area (Å²) in [6.07, 6.45) is 1.49. The normalized spacial score (nSPS) is 20.9. The van der Waals surface area contributed by atoms with Gasteiger partial charge in [0.05, 0.1) is 0 Å². The van der Waals surface area contributed by atoms with Crippen molar-refractivity contribution < 1.29 is 24.2 Å². The van der Waals surface area contributed by atoms with Crippen molar-refractivity contribution in [2.75, 3.05) is 13.2 Å². The number of likely N-dealkylation sites (tertiary alicyclic amines) is 1. The van der Waals surface area contributed by atoms with E-state index in [0.717, 1.165) is 24.0 Å². The lowest BCUT2D eigenvalue weighted by Gasteiger charge is -2.33. The highest BCUT2D eigenvalue weighted by Gasteiger charge is 2.38. The molecule has 2 fully saturated rings. The molecule has 0 radical (unpaired) electrons. The lowest BCUT2D eigenvalue weighted by atomic mass is 10.0. The molecule has 176 valence electrons. The first-order valence-corrected chi connectivity index (χ1v) is 11.4. The third kappa shape index (κ3) is 5.72. The standard InChI is InChI=1S/C23H32ClN3O5/c1-23(2,3)27(22(30)31)14-15-8-9-17(24)12-16(15)13-25-20(28)18-6-4-10-26(18)21(29)19-7-5-11-32-19/h8-9,12,18-19H,4-7,10-11,13-14H2,1-3H3,(H,25,28)(H,30,31). The first-order valence-electron chi connectivity index (χ1n) is 11.1. The SMILES string of the molecule is CC(C)(C)N(Cc1ccc(Cl)cc1CNC(=O)C1CCCN1C(=O)C1CCCO1)C(=O)O. The van der Waals surface area contributed by atoms with Crippen molar-refractivity contribution in [2.45, 2.75) is 77.2 Å². The Hall–Kier alpha value is -2.32. The molecule has 2 unspecified atom stereocenters. The fourth-order valence-corrected chi connectivity index (χ4v) is 4.43. The molecule has 0 spiro atoms. The zero-order chi connectivity index (χ0) is 23.5. The number of carbonyl (C=O) groups is 3. The number of halogens is 1. The van der Waals surface area contributed by atoms with Gasteiger partial charge in [0, 0.05) is 36.8 Å². The van der Waals surface area contributed by atoms with Gasteiger partial charge in [-0.3, -0.25) is 14.5 Å². The molecule has 2 N–H and O–H groups in total. The van der Waals surface area contributed by atoms with Gasteiger partial charge < -0.3 is 20.1 Å². The maximum Gasteiger partial charge on any atom is 0.408 e. The molecule has 1 aromatic rings. The van der Waals surface area contributed by atoms with E-state index in [1.807, 2.05) is 20.8 Å². The summed E-state index contributed by atoms with van der Waals surface area (Å²) < 4.78 is 5.51. The van der Waals surface area contributed by atoms with Gasteiger partial charge in [0.2, 0.25) is 5.91 Å². The highest BCUT2D eigenvalue weighted by molar-refractivity contribution is 6.30. The van der Waals surface area contributed by atoms with E-state index in [1.54, 1.807) is 23.1 Å². The fourth-order valence-electron chi connectivity index (χ4n) is 4.24. The van der Waals surface area contributed by atoms with E-state index in [-0.39, 0.29) is 24.9 Å². The van der Waals surface area contributed by atoms with Gasteiger partial charge >= 0.3 is 6.09 Å². The summed E-state index contributed by atoms with van der Waals surface area (Å²) >= 11 is 6.18. The number of amides is 3. The van der Waals surface area contributed by atoms with Crippen LogP contribution in [0.3, 0.4) is 0 Å². The average Bonchev–Trinajstić information content (AvgIpc) is 3.41. The fraction of sp³-hybridized carbons (Fsp3) is 0.609. The van der Waals surface area contributed by atoms with Gasteiger partial charge in [0.1, 0.15) is 12.1 Å². The largest absolute Gasteiger partial charge is 0.465 e. The van der Waals surface area contributed by atoms with Gasteiger partial charge in [-0.15, -0.1) is 0 Å². The number of nitrogens with one attached hydrogen (secondary N) is 1. The van der Waals surface area contributed by atoms with E-state index in [9.17, 15) is 19.5 Å². The molecule has 2 saturated heterocycles. The molecule has 0 saturated carbocycles. The molecular weight excluding hydrogens is 434 g/mol. The summed E-state index contributed by atoms with van der Waals surface area (Å²) in [6.45, 7) is 7.01. The second kappa shape index (κ2) is 10.1. The van der Waals surface area contributed by atoms with E-state index in [1.165, 1.54) is 4.90 Å². The van der Waals surface area contributed by atoms with E-state index in [0.29, 0.717) is 31.0 Å². The van der Waals surface area contributed by atoms with Crippen LogP contribution in [-0.4, -0.2) is 63.7 Å². The molecule has 0 aromatic heterocycles. The van der Waals surface area contributed by atoms with Gasteiger partial charge in [-0.25, -0.2) is 4.79 Å². The summed E-state index contributed by atoms with van der Waals surface area (Å²) in [7, 11) is 0. The van der Waals surface area contributed by atoms with Gasteiger partial charge in [-0.05, 0) is 69.7 Å². The van der Waals surface area contributed by atoms with Crippen LogP contribution in [0.2, 0.25) is 5.02 Å². The Kier molecular flexibility index (Phi) is 7.67. The van der Waals surface area contributed by atoms with Crippen LogP contribution in [0, 0.1) is 0 Å². The van der Waals surface area contributed by atoms with Crippen LogP contribution in [0.5, 0.6) is 0 Å². The Labute approximate surface area is 193 Å². The predicted molar refractivity (Wildman–Crippen MR) is 120 cm³/mol. The maximum absolute atomic E-state index is 13.0. The van der Waals surface area contributed by atoms with Gasteiger partial charge in [0.15, 0.2) is 0 Å². The summed E-state index contributed by atoms with van der Waals surface area (Å²) in [4.78, 5) is 40.5. The van der Waals surface area contributed by atoms with Crippen molar-refractivity contribution in [1.29, 1.82) is 0 Å². The second-order valence-corrected chi connectivity index (χ2v) is 9.80. The number of hydrogen-bond acceptors (Lipinski definition) is 4. The van der Waals surface area contributed by atoms with Crippen LogP contribution in [0.25, 0.3) is 0 Å². The zero-order valence-electron chi connectivity index (χ0n) is 18.9. The average molecular weight is 466 g/mol. The van der Waals surface area contributed by atoms with Crippen LogP contribution >= 0.6 is 11.6 Å². The van der Waals surface area contributed by atoms with Crippen molar-refractivity contribution in [3.63, 3.8) is 0 Å². The molecule has 2 aliphatic rings. The molecule has 2 atom stereocenters. The van der Waals surface area contributed by atoms with Crippen LogP contribution in [-0.2, 0) is 27.4 Å². The Balaban J connectivity index is 1.69. The van der Waals surface area contributed by atoms with Gasteiger partial charge in [0.25, 0.3) is 5.91 Å². The molecule has 3 amide bonds. The predicted octanol–water partition coefficient (Wildman–Crippen LogP) is 3.40. The monoisotopic (exact) mass is 465 g/mol. The smallest absolute Gasteiger partial charge is 0.408 e. The first kappa shape index (κ1) is 24.3. The molecule has 0 aliphatic carbocycles. The number of carbonyl (C=O) groups excluding carboxylic acids is 2. The number of hydrogen-bond donors (Lipinski definition) is 2. The van der Waals surface area contributed by atoms with Crippen molar-refractivity contribution in [3.05, 3.63) is 34.3 Å². The van der Waals surface area contributed by atoms with Gasteiger partial charge in [-0.2, -0.15) is 0 Å². The lowest BCUT2D eigenvalue weighted by Crippen LogP contribution is -2.49. The summed E-state index contributed by atoms with van der Waals surface area (Å²) in [5.74, 6) is -0.323. The number of benzene rings is 1. The number of carboxylic acid groups (broad SMARTS) is 1. The Morgan fingerprint density at radius 1 is 1.22 bits per heavy atom. The molecular formula is C23H32ClN3O5. The zero-order valence-corrected chi connectivity index (χ0v) is 19.7. The summed E-state index contributed by atoms with van der Waals surface area (Å²) in [6, 6.07) is 4.72. The summed E-state index contributed by atoms with van der Waals surface area (Å²) in [5, 5.41) is 13.1. The van der Waals surface area contributed by atoms with Crippen molar-refractivity contribution in [1.82, 2.24) is 15.1 Å². The number of ether oxygens (including phenoxy) is 1. The molecule has 8 nitrogen and oxygen atoms in total. The van der Waals surface area contributed by atoms with E-state index in [4.69, 9.17) is 16.3 Å². The first-order chi connectivity index (χ1) is 15.1. The van der Waals surface area contributed by atoms with Crippen LogP contribution in [0.4, 0.5) is 4.79 Å². The van der Waals surface area contributed by atoms with E-state index in [2.05, 4.69) is 5.32 Å². The minimum absolute atomic E-state index is 0.106. The minimum atomic E-state index is -1.02. The molecule has 1 aromatic carbocycles. The Morgan fingerprint density at radius 3 is 2.59 bits per heavy atom. The third-order valence-electron chi connectivity index (χ3n) is 6.03. The topological polar surface area (TPSA) is 99.2 Å². The molecule has 2 aliphatic heterocycles. The van der Waals surface area contributed by atoms with Crippen LogP contribution in [0.1, 0.15) is 57.6 Å². The number of rotatable bonds is 6. The van der Waals surface area contributed by atoms with Crippen molar-refractivity contribution in [3.8, 4) is 0 Å². The molecule has 9 heteroatoms.